The number of carbonyl (C=O) groups is 3. The Labute approximate surface area is 329 Å². The predicted molar refractivity (Wildman–Crippen MR) is 216 cm³/mol. The van der Waals surface area contributed by atoms with E-state index in [0.717, 1.165) is 28.8 Å². The fraction of sp³-hybridized carbons (Fsp3) is 0.250. The number of hydrogen-bond donors (Lipinski definition) is 2. The molecule has 2 N–H and O–H groups in total. The van der Waals surface area contributed by atoms with Crippen molar-refractivity contribution in [1.82, 2.24) is 15.1 Å². The van der Waals surface area contributed by atoms with Gasteiger partial charge in [-0.2, -0.15) is 0 Å². The van der Waals surface area contributed by atoms with Crippen LogP contribution in [0.25, 0.3) is 11.1 Å². The summed E-state index contributed by atoms with van der Waals surface area (Å²) in [5, 5.41) is 12.4. The highest BCUT2D eigenvalue weighted by atomic mass is 16.5. The second-order valence-corrected chi connectivity index (χ2v) is 14.0. The molecule has 0 saturated carbocycles. The third-order valence-electron chi connectivity index (χ3n) is 10.4. The summed E-state index contributed by atoms with van der Waals surface area (Å²) < 4.78 is 23.5. The van der Waals surface area contributed by atoms with Crippen LogP contribution in [0.1, 0.15) is 67.0 Å². The molecular formula is C44H41N5O8. The van der Waals surface area contributed by atoms with E-state index in [-0.39, 0.29) is 42.7 Å². The van der Waals surface area contributed by atoms with Crippen molar-refractivity contribution in [3.05, 3.63) is 119 Å². The number of carboxylic acid groups (broad SMARTS) is 1. The van der Waals surface area contributed by atoms with E-state index in [2.05, 4.69) is 34.6 Å². The number of benzene rings is 4. The number of rotatable bonds is 13. The molecule has 57 heavy (non-hydrogen) atoms. The molecule has 0 spiro atoms. The van der Waals surface area contributed by atoms with Gasteiger partial charge in [0, 0.05) is 62.8 Å². The van der Waals surface area contributed by atoms with Crippen LogP contribution in [0.2, 0.25) is 0 Å². The van der Waals surface area contributed by atoms with Gasteiger partial charge in [0.2, 0.25) is 0 Å². The number of aliphatic imine (C=N–C) groups is 2. The Morgan fingerprint density at radius 3 is 1.63 bits per heavy atom. The van der Waals surface area contributed by atoms with Gasteiger partial charge < -0.3 is 39.2 Å². The van der Waals surface area contributed by atoms with Gasteiger partial charge in [-0.15, -0.1) is 0 Å². The van der Waals surface area contributed by atoms with Crippen molar-refractivity contribution in [2.24, 2.45) is 9.98 Å². The van der Waals surface area contributed by atoms with Crippen LogP contribution in [0.5, 0.6) is 23.0 Å². The van der Waals surface area contributed by atoms with Gasteiger partial charge in [-0.25, -0.2) is 4.79 Å². The van der Waals surface area contributed by atoms with Crippen molar-refractivity contribution in [2.45, 2.75) is 37.9 Å². The van der Waals surface area contributed by atoms with E-state index in [9.17, 15) is 19.5 Å². The fourth-order valence-electron chi connectivity index (χ4n) is 7.43. The Hall–Kier alpha value is -6.73. The SMILES string of the molecule is CNCc1ccc(C2=CN3C(=O)c4cc(OC)c(OCCCOc5cc6c(cc5OC)C(=O)N5C=C(c7ccc(C(=O)O)cc7)C[C@H]5C=N6)cc4N=C[C@@H]3C2)cc1. The second kappa shape index (κ2) is 15.8. The smallest absolute Gasteiger partial charge is 0.335 e. The van der Waals surface area contributed by atoms with Crippen LogP contribution in [0, 0.1) is 0 Å². The molecule has 4 aliphatic rings. The molecule has 13 nitrogen and oxygen atoms in total. The Morgan fingerprint density at radius 1 is 0.719 bits per heavy atom. The van der Waals surface area contributed by atoms with Crippen molar-refractivity contribution in [1.29, 1.82) is 0 Å². The molecule has 4 aromatic rings. The number of ether oxygens (including phenoxy) is 4. The zero-order valence-corrected chi connectivity index (χ0v) is 31.7. The molecule has 0 bridgehead atoms. The minimum absolute atomic E-state index is 0.153. The summed E-state index contributed by atoms with van der Waals surface area (Å²) in [5.74, 6) is 0.353. The van der Waals surface area contributed by atoms with Crippen LogP contribution in [0.3, 0.4) is 0 Å². The number of hydrogen-bond acceptors (Lipinski definition) is 10. The zero-order chi connectivity index (χ0) is 39.6. The lowest BCUT2D eigenvalue weighted by molar-refractivity contribution is 0.0695. The van der Waals surface area contributed by atoms with E-state index in [1.807, 2.05) is 19.5 Å². The first-order valence-electron chi connectivity index (χ1n) is 18.7. The summed E-state index contributed by atoms with van der Waals surface area (Å²) in [6.45, 7) is 1.36. The molecule has 4 aliphatic heterocycles. The molecule has 2 atom stereocenters. The van der Waals surface area contributed by atoms with Crippen LogP contribution in [-0.4, -0.2) is 91.7 Å². The van der Waals surface area contributed by atoms with Gasteiger partial charge in [-0.3, -0.25) is 19.6 Å². The molecule has 4 heterocycles. The average molecular weight is 768 g/mol. The first kappa shape index (κ1) is 37.2. The second-order valence-electron chi connectivity index (χ2n) is 14.0. The van der Waals surface area contributed by atoms with E-state index in [0.29, 0.717) is 64.8 Å². The number of fused-ring (bicyclic) bond motifs is 4. The van der Waals surface area contributed by atoms with Crippen LogP contribution in [0.15, 0.2) is 95.2 Å². The fourth-order valence-corrected chi connectivity index (χ4v) is 7.43. The standard InChI is InChI=1S/C44H41N5O8/c1-45-21-26-5-7-27(8-6-26)30-15-32-22-46-36-19-40(38(54-2)17-34(36)42(50)48(32)24-30)56-13-4-14-57-41-20-37-35(18-39(41)55-3)43(51)49-25-31(16-33(49)23-47-37)28-9-11-29(12-10-28)44(52)53/h5-12,17-20,22-25,32-33,45H,4,13-16,21H2,1-3H3,(H,52,53)/t32-,33-/m0/s1. The van der Waals surface area contributed by atoms with Crippen molar-refractivity contribution in [2.75, 3.05) is 34.5 Å². The molecule has 0 radical (unpaired) electrons. The summed E-state index contributed by atoms with van der Waals surface area (Å²) in [6.07, 6.45) is 8.99. The lowest BCUT2D eigenvalue weighted by Gasteiger charge is -2.19. The number of carbonyl (C=O) groups excluding carboxylic acids is 2. The number of nitrogens with zero attached hydrogens (tertiary/aromatic N) is 4. The lowest BCUT2D eigenvalue weighted by Crippen LogP contribution is -2.32. The monoisotopic (exact) mass is 767 g/mol. The maximum Gasteiger partial charge on any atom is 0.335 e. The Morgan fingerprint density at radius 2 is 1.19 bits per heavy atom. The van der Waals surface area contributed by atoms with E-state index >= 15 is 0 Å². The highest BCUT2D eigenvalue weighted by Gasteiger charge is 2.35. The minimum Gasteiger partial charge on any atom is -0.493 e. The quantitative estimate of drug-likeness (QED) is 0.138. The first-order valence-corrected chi connectivity index (χ1v) is 18.7. The Bertz CT molecular complexity index is 2370. The number of aromatic carboxylic acids is 1. The third-order valence-corrected chi connectivity index (χ3v) is 10.4. The van der Waals surface area contributed by atoms with E-state index in [1.54, 1.807) is 70.7 Å². The van der Waals surface area contributed by atoms with Gasteiger partial charge in [0.15, 0.2) is 23.0 Å². The van der Waals surface area contributed by atoms with Gasteiger partial charge in [-0.05, 0) is 59.1 Å². The van der Waals surface area contributed by atoms with Crippen molar-refractivity contribution >= 4 is 52.7 Å². The van der Waals surface area contributed by atoms with Gasteiger partial charge in [0.1, 0.15) is 0 Å². The molecule has 8 rings (SSSR count). The maximum absolute atomic E-state index is 13.8. The topological polar surface area (TPSA) is 152 Å². The molecule has 0 saturated heterocycles. The summed E-state index contributed by atoms with van der Waals surface area (Å²) in [4.78, 5) is 51.6. The van der Waals surface area contributed by atoms with Crippen molar-refractivity contribution in [3.63, 3.8) is 0 Å². The molecule has 0 aliphatic carbocycles. The van der Waals surface area contributed by atoms with Gasteiger partial charge in [-0.1, -0.05) is 36.4 Å². The van der Waals surface area contributed by atoms with E-state index in [1.165, 1.54) is 19.8 Å². The third kappa shape index (κ3) is 7.36. The van der Waals surface area contributed by atoms with Gasteiger partial charge >= 0.3 is 5.97 Å². The molecular weight excluding hydrogens is 727 g/mol. The lowest BCUT2D eigenvalue weighted by atomic mass is 10.0. The number of amides is 2. The van der Waals surface area contributed by atoms with Crippen LogP contribution < -0.4 is 24.3 Å². The van der Waals surface area contributed by atoms with Crippen molar-refractivity contribution in [3.8, 4) is 23.0 Å². The molecule has 0 unspecified atom stereocenters. The van der Waals surface area contributed by atoms with E-state index < -0.39 is 5.97 Å². The highest BCUT2D eigenvalue weighted by Crippen LogP contribution is 2.42. The normalized spacial score (nSPS) is 17.8. The zero-order valence-electron chi connectivity index (χ0n) is 31.7. The number of carboxylic acids is 1. The molecule has 290 valence electrons. The molecule has 2 amide bonds. The van der Waals surface area contributed by atoms with Crippen LogP contribution >= 0.6 is 0 Å². The summed E-state index contributed by atoms with van der Waals surface area (Å²) >= 11 is 0. The molecule has 13 heteroatoms. The van der Waals surface area contributed by atoms with Gasteiger partial charge in [0.25, 0.3) is 11.8 Å². The number of nitrogens with one attached hydrogen (secondary N) is 1. The summed E-state index contributed by atoms with van der Waals surface area (Å²) in [7, 11) is 4.97. The highest BCUT2D eigenvalue weighted by molar-refractivity contribution is 6.06. The average Bonchev–Trinajstić information content (AvgIpc) is 3.81. The maximum atomic E-state index is 13.8. The Balaban J connectivity index is 0.900. The summed E-state index contributed by atoms with van der Waals surface area (Å²) in [5.41, 5.74) is 7.10. The largest absolute Gasteiger partial charge is 0.493 e. The predicted octanol–water partition coefficient (Wildman–Crippen LogP) is 6.91. The Kier molecular flexibility index (Phi) is 10.3. The molecule has 0 aromatic heterocycles. The van der Waals surface area contributed by atoms with Gasteiger partial charge in [0.05, 0.1) is 67.6 Å². The van der Waals surface area contributed by atoms with Crippen LogP contribution in [-0.2, 0) is 6.54 Å². The number of methoxy groups -OCH3 is 2. The molecule has 4 aromatic carbocycles. The van der Waals surface area contributed by atoms with Crippen molar-refractivity contribution < 1.29 is 38.4 Å². The minimum atomic E-state index is -0.993. The van der Waals surface area contributed by atoms with E-state index in [4.69, 9.17) is 23.9 Å². The molecule has 0 fully saturated rings. The first-order chi connectivity index (χ1) is 27.7. The van der Waals surface area contributed by atoms with Crippen LogP contribution in [0.4, 0.5) is 11.4 Å². The summed E-state index contributed by atoms with van der Waals surface area (Å²) in [6, 6.07) is 21.2.